The number of nitrogens with zero attached hydrogens (tertiary/aromatic N) is 6. The van der Waals surface area contributed by atoms with Gasteiger partial charge in [0.05, 0.1) is 12.8 Å². The zero-order chi connectivity index (χ0) is 20.8. The van der Waals surface area contributed by atoms with Crippen LogP contribution >= 0.6 is 0 Å². The van der Waals surface area contributed by atoms with Crippen LogP contribution in [0.5, 0.6) is 5.75 Å². The van der Waals surface area contributed by atoms with Gasteiger partial charge in [0.1, 0.15) is 23.7 Å². The van der Waals surface area contributed by atoms with Gasteiger partial charge < -0.3 is 4.74 Å². The number of aromatic nitrogens is 6. The highest BCUT2D eigenvalue weighted by molar-refractivity contribution is 5.77. The van der Waals surface area contributed by atoms with Gasteiger partial charge in [0.15, 0.2) is 5.65 Å². The molecule has 1 aliphatic heterocycles. The molecule has 8 heteroatoms. The lowest BCUT2D eigenvalue weighted by Gasteiger charge is -2.11. The number of fused-ring (bicyclic) bond motifs is 2. The van der Waals surface area contributed by atoms with E-state index in [4.69, 9.17) is 4.74 Å². The van der Waals surface area contributed by atoms with E-state index in [0.717, 1.165) is 46.0 Å². The molecule has 0 amide bonds. The summed E-state index contributed by atoms with van der Waals surface area (Å²) in [7, 11) is 0. The van der Waals surface area contributed by atoms with E-state index in [2.05, 4.69) is 34.1 Å². The van der Waals surface area contributed by atoms with Gasteiger partial charge in [-0.2, -0.15) is 5.10 Å². The quantitative estimate of drug-likeness (QED) is 0.505. The average molecular weight is 406 g/mol. The summed E-state index contributed by atoms with van der Waals surface area (Å²) >= 11 is 0. The Labute approximate surface area is 173 Å². The van der Waals surface area contributed by atoms with Crippen LogP contribution in [0.2, 0.25) is 0 Å². The second kappa shape index (κ2) is 7.19. The van der Waals surface area contributed by atoms with E-state index < -0.39 is 0 Å². The summed E-state index contributed by atoms with van der Waals surface area (Å²) in [5.41, 5.74) is 5.36. The highest BCUT2D eigenvalue weighted by Crippen LogP contribution is 2.31. The minimum Gasteiger partial charge on any atom is -0.493 e. The van der Waals surface area contributed by atoms with E-state index in [1.54, 1.807) is 12.4 Å². The van der Waals surface area contributed by atoms with Crippen molar-refractivity contribution in [3.63, 3.8) is 0 Å². The molecule has 0 fully saturated rings. The Morgan fingerprint density at radius 3 is 2.83 bits per heavy atom. The van der Waals surface area contributed by atoms with Crippen LogP contribution in [0.25, 0.3) is 16.8 Å². The second-order valence-corrected chi connectivity index (χ2v) is 7.90. The SMILES string of the molecule is Cc1c(-c2cnc(CCc3c(F)ccc4c3CCO4)n3cnnc23)cnn1C(C)C. The van der Waals surface area contributed by atoms with Crippen LogP contribution in [0.15, 0.2) is 30.9 Å². The predicted octanol–water partition coefficient (Wildman–Crippen LogP) is 3.74. The van der Waals surface area contributed by atoms with Gasteiger partial charge in [0.2, 0.25) is 0 Å². The lowest BCUT2D eigenvalue weighted by molar-refractivity contribution is 0.356. The number of ether oxygens (including phenoxy) is 1. The topological polar surface area (TPSA) is 70.1 Å². The fourth-order valence-corrected chi connectivity index (χ4v) is 4.27. The summed E-state index contributed by atoms with van der Waals surface area (Å²) in [5, 5.41) is 12.9. The summed E-state index contributed by atoms with van der Waals surface area (Å²) in [6, 6.07) is 3.47. The Morgan fingerprint density at radius 2 is 2.03 bits per heavy atom. The zero-order valence-corrected chi connectivity index (χ0v) is 17.3. The van der Waals surface area contributed by atoms with Crippen LogP contribution in [0.3, 0.4) is 0 Å². The molecular formula is C22H23FN6O. The maximum absolute atomic E-state index is 14.5. The van der Waals surface area contributed by atoms with E-state index in [0.29, 0.717) is 25.0 Å². The van der Waals surface area contributed by atoms with Gasteiger partial charge in [-0.3, -0.25) is 9.08 Å². The Bertz CT molecular complexity index is 1240. The van der Waals surface area contributed by atoms with Gasteiger partial charge in [0, 0.05) is 47.5 Å². The van der Waals surface area contributed by atoms with Crippen molar-refractivity contribution >= 4 is 5.65 Å². The number of aryl methyl sites for hydroxylation is 1. The summed E-state index contributed by atoms with van der Waals surface area (Å²) in [6.07, 6.45) is 7.20. The van der Waals surface area contributed by atoms with Gasteiger partial charge >= 0.3 is 0 Å². The number of hydrogen-bond acceptors (Lipinski definition) is 5. The molecule has 0 radical (unpaired) electrons. The lowest BCUT2D eigenvalue weighted by atomic mass is 10.00. The summed E-state index contributed by atoms with van der Waals surface area (Å²) < 4.78 is 23.9. The first-order valence-corrected chi connectivity index (χ1v) is 10.2. The van der Waals surface area contributed by atoms with Crippen molar-refractivity contribution in [3.8, 4) is 16.9 Å². The van der Waals surface area contributed by atoms with E-state index in [1.807, 2.05) is 28.4 Å². The first-order valence-electron chi connectivity index (χ1n) is 10.2. The molecule has 3 aromatic heterocycles. The molecule has 0 N–H and O–H groups in total. The third-order valence-corrected chi connectivity index (χ3v) is 5.77. The Hall–Kier alpha value is -3.29. The molecule has 154 valence electrons. The molecule has 7 nitrogen and oxygen atoms in total. The molecule has 0 atom stereocenters. The molecule has 0 bridgehead atoms. The highest BCUT2D eigenvalue weighted by atomic mass is 19.1. The van der Waals surface area contributed by atoms with Crippen molar-refractivity contribution in [2.24, 2.45) is 0 Å². The van der Waals surface area contributed by atoms with Crippen molar-refractivity contribution in [1.29, 1.82) is 0 Å². The molecule has 0 aliphatic carbocycles. The normalized spacial score (nSPS) is 13.2. The number of halogens is 1. The van der Waals surface area contributed by atoms with Crippen molar-refractivity contribution in [2.45, 2.75) is 46.1 Å². The van der Waals surface area contributed by atoms with Gasteiger partial charge in [0.25, 0.3) is 0 Å². The fourth-order valence-electron chi connectivity index (χ4n) is 4.27. The molecule has 5 rings (SSSR count). The van der Waals surface area contributed by atoms with Crippen molar-refractivity contribution < 1.29 is 9.13 Å². The smallest absolute Gasteiger partial charge is 0.171 e. The molecule has 0 saturated carbocycles. The maximum atomic E-state index is 14.5. The molecule has 4 aromatic rings. The Kier molecular flexibility index (Phi) is 4.49. The third kappa shape index (κ3) is 2.94. The molecule has 1 aromatic carbocycles. The van der Waals surface area contributed by atoms with Gasteiger partial charge in [-0.15, -0.1) is 10.2 Å². The van der Waals surface area contributed by atoms with E-state index in [-0.39, 0.29) is 11.9 Å². The van der Waals surface area contributed by atoms with Crippen molar-refractivity contribution in [2.75, 3.05) is 6.61 Å². The second-order valence-electron chi connectivity index (χ2n) is 7.90. The number of benzene rings is 1. The highest BCUT2D eigenvalue weighted by Gasteiger charge is 2.21. The van der Waals surface area contributed by atoms with Gasteiger partial charge in [-0.1, -0.05) is 0 Å². The Balaban J connectivity index is 1.49. The fraction of sp³-hybridized carbons (Fsp3) is 0.364. The average Bonchev–Trinajstić information content (AvgIpc) is 3.46. The van der Waals surface area contributed by atoms with Crippen LogP contribution in [-0.2, 0) is 19.3 Å². The van der Waals surface area contributed by atoms with Crippen LogP contribution in [-0.4, -0.2) is 36.0 Å². The molecule has 1 aliphatic rings. The van der Waals surface area contributed by atoms with Crippen molar-refractivity contribution in [1.82, 2.24) is 29.4 Å². The first-order chi connectivity index (χ1) is 14.5. The third-order valence-electron chi connectivity index (χ3n) is 5.77. The molecule has 30 heavy (non-hydrogen) atoms. The number of rotatable bonds is 5. The summed E-state index contributed by atoms with van der Waals surface area (Å²) in [4.78, 5) is 4.68. The van der Waals surface area contributed by atoms with E-state index >= 15 is 0 Å². The largest absolute Gasteiger partial charge is 0.493 e. The maximum Gasteiger partial charge on any atom is 0.171 e. The summed E-state index contributed by atoms with van der Waals surface area (Å²) in [6.45, 7) is 6.85. The van der Waals surface area contributed by atoms with Crippen LogP contribution in [0, 0.1) is 12.7 Å². The molecule has 0 spiro atoms. The summed E-state index contributed by atoms with van der Waals surface area (Å²) in [5.74, 6) is 1.40. The van der Waals surface area contributed by atoms with Crippen LogP contribution in [0.4, 0.5) is 4.39 Å². The zero-order valence-electron chi connectivity index (χ0n) is 17.3. The lowest BCUT2D eigenvalue weighted by Crippen LogP contribution is -2.07. The predicted molar refractivity (Wildman–Crippen MR) is 110 cm³/mol. The monoisotopic (exact) mass is 406 g/mol. The molecule has 4 heterocycles. The first kappa shape index (κ1) is 18.7. The van der Waals surface area contributed by atoms with Crippen LogP contribution < -0.4 is 4.74 Å². The minimum atomic E-state index is -0.187. The van der Waals surface area contributed by atoms with Crippen LogP contribution in [0.1, 0.15) is 42.5 Å². The van der Waals surface area contributed by atoms with Gasteiger partial charge in [-0.25, -0.2) is 9.37 Å². The van der Waals surface area contributed by atoms with Gasteiger partial charge in [-0.05, 0) is 44.9 Å². The van der Waals surface area contributed by atoms with E-state index in [1.165, 1.54) is 6.07 Å². The molecule has 0 unspecified atom stereocenters. The van der Waals surface area contributed by atoms with Crippen molar-refractivity contribution in [3.05, 3.63) is 59.3 Å². The number of hydrogen-bond donors (Lipinski definition) is 0. The molecular weight excluding hydrogens is 383 g/mol. The van der Waals surface area contributed by atoms with E-state index in [9.17, 15) is 4.39 Å². The molecule has 0 saturated heterocycles. The Morgan fingerprint density at radius 1 is 1.17 bits per heavy atom. The standard InChI is InChI=1S/C22H23FN6O/c1-13(2)29-14(3)17(11-26-29)18-10-24-21(28-12-25-27-22(18)28)7-4-15-16-8-9-30-20(16)6-5-19(15)23/h5-6,10-13H,4,7-9H2,1-3H3. The minimum absolute atomic E-state index is 0.187.